The van der Waals surface area contributed by atoms with Crippen LogP contribution < -0.4 is 15.5 Å². The lowest BCUT2D eigenvalue weighted by atomic mass is 10.0. The van der Waals surface area contributed by atoms with E-state index in [1.54, 1.807) is 66.1 Å². The van der Waals surface area contributed by atoms with Gasteiger partial charge in [0.15, 0.2) is 5.82 Å². The van der Waals surface area contributed by atoms with E-state index in [9.17, 15) is 37.5 Å². The summed E-state index contributed by atoms with van der Waals surface area (Å²) in [5, 5.41) is 14.3. The molecule has 8 rings (SSSR count). The van der Waals surface area contributed by atoms with Crippen molar-refractivity contribution < 1.29 is 51.0 Å². The predicted octanol–water partition coefficient (Wildman–Crippen LogP) is 9.26. The first-order valence-electron chi connectivity index (χ1n) is 21.5. The van der Waals surface area contributed by atoms with Crippen LogP contribution in [0, 0.1) is 23.5 Å². The number of anilines is 1. The maximum Gasteiger partial charge on any atom is 0.419 e. The third kappa shape index (κ3) is 8.62. The largest absolute Gasteiger partial charge is 0.465 e. The van der Waals surface area contributed by atoms with Crippen molar-refractivity contribution in [2.24, 2.45) is 11.8 Å². The minimum absolute atomic E-state index is 0.178. The summed E-state index contributed by atoms with van der Waals surface area (Å²) in [6.45, 7) is 7.50. The first-order valence-corrected chi connectivity index (χ1v) is 21.5. The van der Waals surface area contributed by atoms with Crippen LogP contribution in [0.1, 0.15) is 98.8 Å². The fraction of sp³-hybridized carbons (Fsp3) is 0.391. The van der Waals surface area contributed by atoms with Crippen LogP contribution in [0.2, 0.25) is 0 Å². The number of carbonyl (C=O) groups excluding carboxylic acids is 3. The zero-order chi connectivity index (χ0) is 47.4. The van der Waals surface area contributed by atoms with Gasteiger partial charge < -0.3 is 40.2 Å². The van der Waals surface area contributed by atoms with Crippen molar-refractivity contribution in [3.05, 3.63) is 101 Å². The van der Waals surface area contributed by atoms with Crippen molar-refractivity contribution in [2.45, 2.75) is 89.8 Å². The average Bonchev–Trinajstić information content (AvgIpc) is 4.12. The molecule has 0 saturated carbocycles. The summed E-state index contributed by atoms with van der Waals surface area (Å²) < 4.78 is 79.0. The van der Waals surface area contributed by atoms with Crippen LogP contribution >= 0.6 is 0 Å². The fourth-order valence-corrected chi connectivity index (χ4v) is 9.28. The van der Waals surface area contributed by atoms with Crippen molar-refractivity contribution in [3.8, 4) is 11.5 Å². The highest BCUT2D eigenvalue weighted by molar-refractivity contribution is 5.91. The third-order valence-electron chi connectivity index (χ3n) is 12.5. The topological polar surface area (TPSA) is 191 Å². The molecule has 5 N–H and O–H groups in total. The SMILES string of the molecule is COC(=O)N[C@H](C(=O)N1CCC[C@H]1c1nc2ccc([C@H]3CC[C@H](c4ccc5nc(-c6cccn6C(=O)[C@@H](NC(=O)O)C(C)C)[nH]c5c4)N3c3cc(F)c(C(F)(F)F)cc3F)cc2[nH]1)C(C)C. The van der Waals surface area contributed by atoms with Gasteiger partial charge in [0.25, 0.3) is 5.91 Å². The number of ether oxygens (including phenoxy) is 1. The Hall–Kier alpha value is -6.99. The zero-order valence-electron chi connectivity index (χ0n) is 36.5. The summed E-state index contributed by atoms with van der Waals surface area (Å²) in [5.74, 6) is -3.47. The summed E-state index contributed by atoms with van der Waals surface area (Å²) in [4.78, 5) is 70.3. The third-order valence-corrected chi connectivity index (χ3v) is 12.5. The monoisotopic (exact) mass is 917 g/mol. The molecule has 3 amide bonds. The lowest BCUT2D eigenvalue weighted by Gasteiger charge is -2.34. The van der Waals surface area contributed by atoms with Gasteiger partial charge in [-0.25, -0.2) is 28.3 Å². The molecular weight excluding hydrogens is 870 g/mol. The molecule has 348 valence electrons. The molecule has 2 aliphatic heterocycles. The summed E-state index contributed by atoms with van der Waals surface area (Å²) >= 11 is 0. The van der Waals surface area contributed by atoms with Crippen molar-refractivity contribution in [1.29, 1.82) is 0 Å². The van der Waals surface area contributed by atoms with Crippen LogP contribution in [0.4, 0.5) is 37.2 Å². The molecule has 15 nitrogen and oxygen atoms in total. The molecule has 20 heteroatoms. The number of hydrogen-bond acceptors (Lipinski definition) is 8. The van der Waals surface area contributed by atoms with Gasteiger partial charge in [0, 0.05) is 18.8 Å². The smallest absolute Gasteiger partial charge is 0.419 e. The highest BCUT2D eigenvalue weighted by Crippen LogP contribution is 2.49. The number of hydrogen-bond donors (Lipinski definition) is 5. The molecule has 2 saturated heterocycles. The second-order valence-electron chi connectivity index (χ2n) is 17.4. The molecule has 2 aliphatic rings. The van der Waals surface area contributed by atoms with Crippen LogP contribution in [0.3, 0.4) is 0 Å². The van der Waals surface area contributed by atoms with E-state index in [1.165, 1.54) is 17.9 Å². The van der Waals surface area contributed by atoms with Gasteiger partial charge >= 0.3 is 18.4 Å². The molecule has 5 atom stereocenters. The lowest BCUT2D eigenvalue weighted by Crippen LogP contribution is -2.51. The molecule has 3 aromatic carbocycles. The maximum absolute atomic E-state index is 16.1. The van der Waals surface area contributed by atoms with E-state index in [-0.39, 0.29) is 29.5 Å². The summed E-state index contributed by atoms with van der Waals surface area (Å²) in [7, 11) is 1.22. The van der Waals surface area contributed by atoms with Crippen LogP contribution in [-0.2, 0) is 15.7 Å². The van der Waals surface area contributed by atoms with E-state index in [0.717, 1.165) is 0 Å². The second kappa shape index (κ2) is 17.8. The number of carboxylic acid groups (broad SMARTS) is 1. The number of halogens is 5. The van der Waals surface area contributed by atoms with E-state index >= 15 is 8.78 Å². The fourth-order valence-electron chi connectivity index (χ4n) is 9.28. The minimum atomic E-state index is -5.14. The number of benzene rings is 3. The van der Waals surface area contributed by atoms with Crippen molar-refractivity contribution >= 4 is 51.8 Å². The van der Waals surface area contributed by atoms with Gasteiger partial charge in [0.2, 0.25) is 5.91 Å². The molecule has 0 radical (unpaired) electrons. The molecule has 6 aromatic rings. The van der Waals surface area contributed by atoms with Crippen LogP contribution in [-0.4, -0.2) is 84.2 Å². The molecule has 0 aliphatic carbocycles. The molecule has 0 spiro atoms. The van der Waals surface area contributed by atoms with Gasteiger partial charge in [0.1, 0.15) is 29.5 Å². The Bertz CT molecular complexity index is 2840. The normalized spacial score (nSPS) is 18.7. The number of carbonyl (C=O) groups is 4. The standard InChI is InChI=1S/C46H48F5N9O6/c1-22(2)38(56-44(63)64)42(61)58-16-6-8-35(58)40-52-29-12-10-24(18-31(29)54-40)33-14-15-34(60(33)37-21-27(47)26(20-28(37)48)46(49,50)51)25-11-13-30-32(19-25)55-41(53-30)36-9-7-17-59(36)43(62)39(23(3)4)57-45(65)66-5/h6,8,10-13,16,18-23,33-34,36,38-39,56H,7,9,14-15,17H2,1-5H3,(H,52,54)(H,53,55)(H,57,65)(H,63,64)/t33-,34-,36+,38+,39+/m1/s1. The summed E-state index contributed by atoms with van der Waals surface area (Å²) in [5.41, 5.74) is 1.70. The van der Waals surface area contributed by atoms with E-state index < -0.39 is 71.7 Å². The van der Waals surface area contributed by atoms with Crippen molar-refractivity contribution in [2.75, 3.05) is 18.6 Å². The number of likely N-dealkylation sites (tertiary alicyclic amines) is 1. The number of aromatic nitrogens is 5. The van der Waals surface area contributed by atoms with Gasteiger partial charge in [-0.15, -0.1) is 0 Å². The predicted molar refractivity (Wildman–Crippen MR) is 232 cm³/mol. The quantitative estimate of drug-likeness (QED) is 0.0789. The van der Waals surface area contributed by atoms with Gasteiger partial charge in [-0.2, -0.15) is 13.2 Å². The number of nitrogens with zero attached hydrogens (tertiary/aromatic N) is 5. The van der Waals surface area contributed by atoms with Gasteiger partial charge in [-0.05, 0) is 91.1 Å². The number of alkyl halides is 3. The van der Waals surface area contributed by atoms with E-state index in [2.05, 4.69) is 25.6 Å². The molecule has 3 aromatic heterocycles. The number of rotatable bonds is 11. The summed E-state index contributed by atoms with van der Waals surface area (Å²) in [6, 6.07) is 11.0. The lowest BCUT2D eigenvalue weighted by molar-refractivity contribution is -0.140. The van der Waals surface area contributed by atoms with E-state index in [1.807, 2.05) is 19.9 Å². The van der Waals surface area contributed by atoms with Gasteiger partial charge in [-0.1, -0.05) is 39.8 Å². The van der Waals surface area contributed by atoms with E-state index in [0.29, 0.717) is 88.8 Å². The minimum Gasteiger partial charge on any atom is -0.465 e. The van der Waals surface area contributed by atoms with Gasteiger partial charge in [0.05, 0.1) is 64.2 Å². The van der Waals surface area contributed by atoms with Crippen LogP contribution in [0.25, 0.3) is 33.6 Å². The number of H-pyrrole nitrogens is 2. The second-order valence-corrected chi connectivity index (χ2v) is 17.4. The number of aromatic amines is 2. The Kier molecular flexibility index (Phi) is 12.3. The Labute approximate surface area is 374 Å². The Balaban J connectivity index is 1.14. The molecule has 5 heterocycles. The maximum atomic E-state index is 16.1. The van der Waals surface area contributed by atoms with Crippen LogP contribution in [0.15, 0.2) is 66.9 Å². The highest BCUT2D eigenvalue weighted by Gasteiger charge is 2.42. The van der Waals surface area contributed by atoms with Crippen molar-refractivity contribution in [1.82, 2.24) is 40.0 Å². The molecule has 0 bridgehead atoms. The molecule has 2 fully saturated rings. The van der Waals surface area contributed by atoms with Gasteiger partial charge in [-0.3, -0.25) is 14.2 Å². The first-order chi connectivity index (χ1) is 31.3. The molecule has 0 unspecified atom stereocenters. The molecule has 66 heavy (non-hydrogen) atoms. The first kappa shape index (κ1) is 45.6. The summed E-state index contributed by atoms with van der Waals surface area (Å²) in [6.07, 6.45) is -3.64. The number of imidazole rings is 2. The Morgan fingerprint density at radius 3 is 2.02 bits per heavy atom. The number of alkyl carbamates (subject to hydrolysis) is 1. The number of fused-ring (bicyclic) bond motifs is 2. The molecular formula is C46H48F5N9O6. The van der Waals surface area contributed by atoms with Crippen molar-refractivity contribution in [3.63, 3.8) is 0 Å². The Morgan fingerprint density at radius 2 is 1.41 bits per heavy atom. The zero-order valence-corrected chi connectivity index (χ0v) is 36.5. The number of methoxy groups -OCH3 is 1. The number of amides is 3. The number of nitrogens with one attached hydrogen (secondary N) is 4. The Morgan fingerprint density at radius 1 is 0.788 bits per heavy atom. The highest BCUT2D eigenvalue weighted by atomic mass is 19.4. The van der Waals surface area contributed by atoms with E-state index in [4.69, 9.17) is 9.72 Å². The van der Waals surface area contributed by atoms with Crippen LogP contribution in [0.5, 0.6) is 0 Å². The average molecular weight is 918 g/mol.